The maximum absolute atomic E-state index is 11.9. The Morgan fingerprint density at radius 2 is 1.65 bits per heavy atom. The van der Waals surface area contributed by atoms with Crippen LogP contribution in [-0.2, 0) is 14.3 Å². The van der Waals surface area contributed by atoms with Gasteiger partial charge in [-0.05, 0) is 28.0 Å². The maximum Gasteiger partial charge on any atom is 0.516 e. The zero-order valence-corrected chi connectivity index (χ0v) is 15.3. The number of carbonyl (C=O) groups excluding carboxylic acids is 2. The summed E-state index contributed by atoms with van der Waals surface area (Å²) in [6.07, 6.45) is -1.01. The molecular weight excluding hydrogens is 350 g/mol. The maximum atomic E-state index is 11.9. The van der Waals surface area contributed by atoms with Crippen LogP contribution in [0, 0.1) is 0 Å². The fourth-order valence-corrected chi connectivity index (χ4v) is 3.72. The van der Waals surface area contributed by atoms with Crippen molar-refractivity contribution < 1.29 is 19.1 Å². The summed E-state index contributed by atoms with van der Waals surface area (Å²) in [6, 6.07) is 15.2. The molecule has 6 heteroatoms. The van der Waals surface area contributed by atoms with E-state index in [1.807, 2.05) is 43.3 Å². The average Bonchev–Trinajstić information content (AvgIpc) is 2.98. The van der Waals surface area contributed by atoms with Gasteiger partial charge in [0.1, 0.15) is 12.6 Å². The molecule has 2 aromatic rings. The largest absolute Gasteiger partial charge is 0.516 e. The Kier molecular flexibility index (Phi) is 5.96. The summed E-state index contributed by atoms with van der Waals surface area (Å²) < 4.78 is 9.93. The van der Waals surface area contributed by atoms with Gasteiger partial charge in [-0.25, -0.2) is 9.59 Å². The summed E-state index contributed by atoms with van der Waals surface area (Å²) in [5, 5.41) is 0. The number of hydrogen-bond acceptors (Lipinski definition) is 6. The van der Waals surface area contributed by atoms with E-state index in [2.05, 4.69) is 12.1 Å². The van der Waals surface area contributed by atoms with Gasteiger partial charge >= 0.3 is 12.1 Å². The van der Waals surface area contributed by atoms with Crippen LogP contribution in [0.2, 0.25) is 0 Å². The average molecular weight is 371 g/mol. The summed E-state index contributed by atoms with van der Waals surface area (Å²) >= 11 is 1.51. The van der Waals surface area contributed by atoms with E-state index in [1.165, 1.54) is 11.8 Å². The zero-order chi connectivity index (χ0) is 18.5. The molecular formula is C20H21NO4S. The molecule has 0 heterocycles. The third-order valence-corrected chi connectivity index (χ3v) is 5.32. The molecule has 0 bridgehead atoms. The third-order valence-electron chi connectivity index (χ3n) is 4.32. The van der Waals surface area contributed by atoms with Crippen molar-refractivity contribution in [1.29, 1.82) is 0 Å². The Bertz CT molecular complexity index is 762. The summed E-state index contributed by atoms with van der Waals surface area (Å²) in [6.45, 7) is 2.08. The second kappa shape index (κ2) is 8.38. The molecule has 0 aliphatic heterocycles. The van der Waals surface area contributed by atoms with Crippen LogP contribution in [0.5, 0.6) is 0 Å². The standard InChI is InChI=1S/C20H21NO4S/c1-2-26-12-18(21)19(22)25-20(23)24-11-17-15-9-5-3-7-13(15)14-8-4-6-10-16(14)17/h3-10,17-18H,2,11-12,21H2,1H3/t18-/m0/s1. The Labute approximate surface area is 156 Å². The minimum atomic E-state index is -1.01. The minimum absolute atomic E-state index is 0.0747. The molecule has 0 saturated heterocycles. The number of fused-ring (bicyclic) bond motifs is 3. The van der Waals surface area contributed by atoms with Gasteiger partial charge in [0.05, 0.1) is 0 Å². The van der Waals surface area contributed by atoms with Gasteiger partial charge in [0.2, 0.25) is 0 Å². The Hall–Kier alpha value is -2.31. The number of rotatable bonds is 6. The highest BCUT2D eigenvalue weighted by atomic mass is 32.2. The van der Waals surface area contributed by atoms with E-state index in [0.717, 1.165) is 28.0 Å². The molecule has 2 aromatic carbocycles. The molecule has 2 N–H and O–H groups in total. The molecule has 26 heavy (non-hydrogen) atoms. The number of carbonyl (C=O) groups is 2. The number of hydrogen-bond donors (Lipinski definition) is 1. The summed E-state index contributed by atoms with van der Waals surface area (Å²) in [4.78, 5) is 23.7. The van der Waals surface area contributed by atoms with Gasteiger partial charge in [-0.1, -0.05) is 55.5 Å². The van der Waals surface area contributed by atoms with Crippen molar-refractivity contribution >= 4 is 23.9 Å². The fourth-order valence-electron chi connectivity index (χ4n) is 3.09. The topological polar surface area (TPSA) is 78.6 Å². The van der Waals surface area contributed by atoms with Gasteiger partial charge in [-0.2, -0.15) is 11.8 Å². The van der Waals surface area contributed by atoms with Crippen LogP contribution in [0.4, 0.5) is 4.79 Å². The van der Waals surface area contributed by atoms with Gasteiger partial charge in [-0.15, -0.1) is 0 Å². The van der Waals surface area contributed by atoms with Gasteiger partial charge in [0, 0.05) is 11.7 Å². The highest BCUT2D eigenvalue weighted by Gasteiger charge is 2.29. The number of thioether (sulfide) groups is 1. The molecule has 1 aliphatic carbocycles. The van der Waals surface area contributed by atoms with Crippen LogP contribution >= 0.6 is 11.8 Å². The van der Waals surface area contributed by atoms with Crippen molar-refractivity contribution in [3.05, 3.63) is 59.7 Å². The fraction of sp³-hybridized carbons (Fsp3) is 0.300. The molecule has 0 aromatic heterocycles. The number of ether oxygens (including phenoxy) is 2. The first-order valence-electron chi connectivity index (χ1n) is 8.51. The lowest BCUT2D eigenvalue weighted by molar-refractivity contribution is -0.140. The van der Waals surface area contributed by atoms with Crippen molar-refractivity contribution in [2.45, 2.75) is 18.9 Å². The van der Waals surface area contributed by atoms with Gasteiger partial charge in [0.15, 0.2) is 0 Å². The highest BCUT2D eigenvalue weighted by molar-refractivity contribution is 7.99. The van der Waals surface area contributed by atoms with Crippen LogP contribution in [-0.4, -0.2) is 36.3 Å². The van der Waals surface area contributed by atoms with Gasteiger partial charge < -0.3 is 15.2 Å². The predicted molar refractivity (Wildman–Crippen MR) is 102 cm³/mol. The lowest BCUT2D eigenvalue weighted by Gasteiger charge is -2.14. The second-order valence-corrected chi connectivity index (χ2v) is 7.29. The van der Waals surface area contributed by atoms with Crippen molar-refractivity contribution in [3.8, 4) is 11.1 Å². The summed E-state index contributed by atoms with van der Waals surface area (Å²) in [5.74, 6) is 0.412. The molecule has 1 atom stereocenters. The second-order valence-electron chi connectivity index (χ2n) is 5.98. The lowest BCUT2D eigenvalue weighted by Crippen LogP contribution is -2.36. The first-order valence-corrected chi connectivity index (χ1v) is 9.67. The van der Waals surface area contributed by atoms with E-state index >= 15 is 0 Å². The SMILES string of the molecule is CCSC[C@H](N)C(=O)OC(=O)OCC1c2ccccc2-c2ccccc21. The third kappa shape index (κ3) is 3.92. The van der Waals surface area contributed by atoms with E-state index < -0.39 is 18.2 Å². The van der Waals surface area contributed by atoms with Gasteiger partial charge in [0.25, 0.3) is 0 Å². The lowest BCUT2D eigenvalue weighted by atomic mass is 9.98. The predicted octanol–water partition coefficient (Wildman–Crippen LogP) is 3.56. The van der Waals surface area contributed by atoms with E-state index in [4.69, 9.17) is 15.2 Å². The zero-order valence-electron chi connectivity index (χ0n) is 14.5. The molecule has 0 fully saturated rings. The van der Waals surface area contributed by atoms with Gasteiger partial charge in [-0.3, -0.25) is 0 Å². The first-order chi connectivity index (χ1) is 12.6. The first kappa shape index (κ1) is 18.5. The molecule has 0 saturated carbocycles. The monoisotopic (exact) mass is 371 g/mol. The highest BCUT2D eigenvalue weighted by Crippen LogP contribution is 2.44. The summed E-state index contributed by atoms with van der Waals surface area (Å²) in [7, 11) is 0. The molecule has 1 aliphatic rings. The van der Waals surface area contributed by atoms with Crippen LogP contribution in [0.3, 0.4) is 0 Å². The molecule has 0 amide bonds. The Morgan fingerprint density at radius 1 is 1.08 bits per heavy atom. The van der Waals surface area contributed by atoms with Crippen LogP contribution < -0.4 is 5.73 Å². The normalized spacial score (nSPS) is 13.6. The van der Waals surface area contributed by atoms with Crippen LogP contribution in [0.1, 0.15) is 24.0 Å². The molecule has 3 rings (SSSR count). The van der Waals surface area contributed by atoms with Crippen LogP contribution in [0.25, 0.3) is 11.1 Å². The molecule has 0 unspecified atom stereocenters. The molecule has 0 radical (unpaired) electrons. The van der Waals surface area contributed by atoms with Crippen molar-refractivity contribution in [2.24, 2.45) is 5.73 Å². The number of nitrogens with two attached hydrogens (primary N) is 1. The Balaban J connectivity index is 1.63. The number of esters is 1. The van der Waals surface area contributed by atoms with E-state index in [0.29, 0.717) is 5.75 Å². The number of benzene rings is 2. The Morgan fingerprint density at radius 3 is 2.23 bits per heavy atom. The van der Waals surface area contributed by atoms with E-state index in [1.54, 1.807) is 0 Å². The molecule has 5 nitrogen and oxygen atoms in total. The van der Waals surface area contributed by atoms with Crippen molar-refractivity contribution in [1.82, 2.24) is 0 Å². The summed E-state index contributed by atoms with van der Waals surface area (Å²) in [5.41, 5.74) is 10.2. The van der Waals surface area contributed by atoms with Crippen molar-refractivity contribution in [2.75, 3.05) is 18.1 Å². The molecule has 136 valence electrons. The van der Waals surface area contributed by atoms with E-state index in [-0.39, 0.29) is 12.5 Å². The van der Waals surface area contributed by atoms with Crippen molar-refractivity contribution in [3.63, 3.8) is 0 Å². The minimum Gasteiger partial charge on any atom is -0.433 e. The van der Waals surface area contributed by atoms with E-state index in [9.17, 15) is 9.59 Å². The smallest absolute Gasteiger partial charge is 0.433 e. The van der Waals surface area contributed by atoms with Crippen LogP contribution in [0.15, 0.2) is 48.5 Å². The quantitative estimate of drug-likeness (QED) is 0.618. The molecule has 0 spiro atoms.